The van der Waals surface area contributed by atoms with Crippen molar-refractivity contribution in [3.05, 3.63) is 42.2 Å². The van der Waals surface area contributed by atoms with Gasteiger partial charge in [0.1, 0.15) is 0 Å². The van der Waals surface area contributed by atoms with E-state index in [0.29, 0.717) is 5.56 Å². The highest BCUT2D eigenvalue weighted by Crippen LogP contribution is 2.16. The zero-order chi connectivity index (χ0) is 9.97. The second kappa shape index (κ2) is 3.43. The molecule has 2 rings (SSSR count). The summed E-state index contributed by atoms with van der Waals surface area (Å²) in [4.78, 5) is 15.3. The number of aromatic nitrogens is 1. The van der Waals surface area contributed by atoms with Crippen LogP contribution in [-0.2, 0) is 0 Å². The molecule has 0 aliphatic rings. The number of nitrogens with two attached hydrogens (primary N) is 1. The third-order valence-electron chi connectivity index (χ3n) is 2.06. The monoisotopic (exact) mass is 187 g/mol. The molecule has 0 aliphatic carbocycles. The van der Waals surface area contributed by atoms with Gasteiger partial charge in [-0.2, -0.15) is 0 Å². The standard InChI is InChI=1S/C10H9N3O/c11-13-10(14)9-3-1-2-7-6-12-5-4-8(7)9/h1-6H,11H2,(H,13,14). The summed E-state index contributed by atoms with van der Waals surface area (Å²) < 4.78 is 0. The molecule has 14 heavy (non-hydrogen) atoms. The zero-order valence-electron chi connectivity index (χ0n) is 7.40. The van der Waals surface area contributed by atoms with Crippen molar-refractivity contribution in [2.45, 2.75) is 0 Å². The molecule has 0 aliphatic heterocycles. The maximum absolute atomic E-state index is 11.4. The van der Waals surface area contributed by atoms with Gasteiger partial charge < -0.3 is 0 Å². The van der Waals surface area contributed by atoms with Crippen molar-refractivity contribution in [2.75, 3.05) is 0 Å². The number of hydrogen-bond acceptors (Lipinski definition) is 3. The summed E-state index contributed by atoms with van der Waals surface area (Å²) in [5, 5.41) is 1.78. The molecule has 0 saturated heterocycles. The van der Waals surface area contributed by atoms with Crippen molar-refractivity contribution in [1.29, 1.82) is 0 Å². The largest absolute Gasteiger partial charge is 0.290 e. The van der Waals surface area contributed by atoms with Crippen LogP contribution in [-0.4, -0.2) is 10.9 Å². The van der Waals surface area contributed by atoms with Gasteiger partial charge in [-0.1, -0.05) is 12.1 Å². The number of carbonyl (C=O) groups is 1. The Morgan fingerprint density at radius 1 is 1.36 bits per heavy atom. The molecule has 0 radical (unpaired) electrons. The third-order valence-corrected chi connectivity index (χ3v) is 2.06. The van der Waals surface area contributed by atoms with Gasteiger partial charge in [-0.05, 0) is 17.5 Å². The van der Waals surface area contributed by atoms with Crippen LogP contribution in [0, 0.1) is 0 Å². The van der Waals surface area contributed by atoms with Crippen molar-refractivity contribution in [3.63, 3.8) is 0 Å². The topological polar surface area (TPSA) is 68.0 Å². The van der Waals surface area contributed by atoms with Crippen molar-refractivity contribution in [2.24, 2.45) is 5.84 Å². The van der Waals surface area contributed by atoms with Gasteiger partial charge in [0, 0.05) is 23.3 Å². The maximum atomic E-state index is 11.4. The van der Waals surface area contributed by atoms with Gasteiger partial charge in [0.15, 0.2) is 0 Å². The van der Waals surface area contributed by atoms with Crippen LogP contribution in [0.3, 0.4) is 0 Å². The fraction of sp³-hybridized carbons (Fsp3) is 0. The minimum absolute atomic E-state index is 0.290. The average molecular weight is 187 g/mol. The summed E-state index contributed by atoms with van der Waals surface area (Å²) in [5.74, 6) is 4.79. The Hall–Kier alpha value is -1.94. The number of carbonyl (C=O) groups excluding carboxylic acids is 1. The highest BCUT2D eigenvalue weighted by molar-refractivity contribution is 6.06. The predicted octanol–water partition coefficient (Wildman–Crippen LogP) is 0.838. The molecular weight excluding hydrogens is 178 g/mol. The molecule has 4 heteroatoms. The first kappa shape index (κ1) is 8.65. The lowest BCUT2D eigenvalue weighted by molar-refractivity contribution is 0.0955. The molecule has 1 amide bonds. The van der Waals surface area contributed by atoms with Gasteiger partial charge >= 0.3 is 0 Å². The molecule has 0 bridgehead atoms. The van der Waals surface area contributed by atoms with Gasteiger partial charge in [0.2, 0.25) is 0 Å². The lowest BCUT2D eigenvalue weighted by atomic mass is 10.1. The summed E-state index contributed by atoms with van der Waals surface area (Å²) in [7, 11) is 0. The summed E-state index contributed by atoms with van der Waals surface area (Å²) in [6.45, 7) is 0. The number of rotatable bonds is 1. The Morgan fingerprint density at radius 2 is 2.21 bits per heavy atom. The van der Waals surface area contributed by atoms with E-state index >= 15 is 0 Å². The Bertz CT molecular complexity index is 476. The van der Waals surface area contributed by atoms with Crippen LogP contribution in [0.15, 0.2) is 36.7 Å². The lowest BCUT2D eigenvalue weighted by Crippen LogP contribution is -2.30. The maximum Gasteiger partial charge on any atom is 0.265 e. The van der Waals surface area contributed by atoms with Crippen LogP contribution >= 0.6 is 0 Å². The minimum atomic E-state index is -0.290. The minimum Gasteiger partial charge on any atom is -0.290 e. The number of hydrogen-bond donors (Lipinski definition) is 2. The molecule has 2 aromatic rings. The SMILES string of the molecule is NNC(=O)c1cccc2cnccc12. The number of hydrazine groups is 1. The van der Waals surface area contributed by atoms with E-state index < -0.39 is 0 Å². The molecule has 0 fully saturated rings. The van der Waals surface area contributed by atoms with Gasteiger partial charge in [-0.15, -0.1) is 0 Å². The van der Waals surface area contributed by atoms with Crippen molar-refractivity contribution in [1.82, 2.24) is 10.4 Å². The van der Waals surface area contributed by atoms with E-state index in [4.69, 9.17) is 5.84 Å². The van der Waals surface area contributed by atoms with E-state index in [1.165, 1.54) is 0 Å². The van der Waals surface area contributed by atoms with Crippen LogP contribution < -0.4 is 11.3 Å². The molecule has 0 atom stereocenters. The first-order valence-corrected chi connectivity index (χ1v) is 4.16. The molecular formula is C10H9N3O. The Labute approximate surface area is 80.7 Å². The number of benzene rings is 1. The molecule has 0 spiro atoms. The average Bonchev–Trinajstić information content (AvgIpc) is 2.27. The Kier molecular flexibility index (Phi) is 2.12. The Balaban J connectivity index is 2.71. The molecule has 1 aromatic carbocycles. The fourth-order valence-electron chi connectivity index (χ4n) is 1.40. The molecule has 4 nitrogen and oxygen atoms in total. The molecule has 0 saturated carbocycles. The molecule has 70 valence electrons. The van der Waals surface area contributed by atoms with Crippen LogP contribution in [0.25, 0.3) is 10.8 Å². The zero-order valence-corrected chi connectivity index (χ0v) is 7.40. The summed E-state index contributed by atoms with van der Waals surface area (Å²) in [6, 6.07) is 7.22. The molecule has 1 aromatic heterocycles. The van der Waals surface area contributed by atoms with Gasteiger partial charge in [0.25, 0.3) is 5.91 Å². The highest BCUT2D eigenvalue weighted by Gasteiger charge is 2.06. The number of fused-ring (bicyclic) bond motifs is 1. The van der Waals surface area contributed by atoms with Crippen molar-refractivity contribution >= 4 is 16.7 Å². The summed E-state index contributed by atoms with van der Waals surface area (Å²) in [5.41, 5.74) is 2.68. The van der Waals surface area contributed by atoms with Gasteiger partial charge in [0.05, 0.1) is 0 Å². The molecule has 0 unspecified atom stereocenters. The second-order valence-corrected chi connectivity index (χ2v) is 2.88. The number of amides is 1. The number of nitrogens with one attached hydrogen (secondary N) is 1. The van der Waals surface area contributed by atoms with Crippen molar-refractivity contribution in [3.8, 4) is 0 Å². The van der Waals surface area contributed by atoms with Crippen LogP contribution in [0.2, 0.25) is 0 Å². The van der Waals surface area contributed by atoms with Crippen LogP contribution in [0.4, 0.5) is 0 Å². The number of nitrogens with zero attached hydrogens (tertiary/aromatic N) is 1. The van der Waals surface area contributed by atoms with Gasteiger partial charge in [-0.25, -0.2) is 5.84 Å². The quantitative estimate of drug-likeness (QED) is 0.395. The first-order chi connectivity index (χ1) is 6.83. The number of pyridine rings is 1. The lowest BCUT2D eigenvalue weighted by Gasteiger charge is -2.03. The second-order valence-electron chi connectivity index (χ2n) is 2.88. The highest BCUT2D eigenvalue weighted by atomic mass is 16.2. The smallest absolute Gasteiger partial charge is 0.265 e. The fourth-order valence-corrected chi connectivity index (χ4v) is 1.40. The summed E-state index contributed by atoms with van der Waals surface area (Å²) >= 11 is 0. The van der Waals surface area contributed by atoms with E-state index in [2.05, 4.69) is 10.4 Å². The van der Waals surface area contributed by atoms with Crippen LogP contribution in [0.5, 0.6) is 0 Å². The van der Waals surface area contributed by atoms with Gasteiger partial charge in [-0.3, -0.25) is 15.2 Å². The number of nitrogen functional groups attached to an aromatic ring is 1. The molecule has 3 N–H and O–H groups in total. The van der Waals surface area contributed by atoms with E-state index in [0.717, 1.165) is 10.8 Å². The third kappa shape index (κ3) is 1.31. The van der Waals surface area contributed by atoms with E-state index in [1.807, 2.05) is 6.07 Å². The van der Waals surface area contributed by atoms with E-state index in [1.54, 1.807) is 30.6 Å². The summed E-state index contributed by atoms with van der Waals surface area (Å²) in [6.07, 6.45) is 3.36. The van der Waals surface area contributed by atoms with Crippen LogP contribution in [0.1, 0.15) is 10.4 Å². The van der Waals surface area contributed by atoms with E-state index in [-0.39, 0.29) is 5.91 Å². The van der Waals surface area contributed by atoms with Crippen molar-refractivity contribution < 1.29 is 4.79 Å². The van der Waals surface area contributed by atoms with E-state index in [9.17, 15) is 4.79 Å². The first-order valence-electron chi connectivity index (χ1n) is 4.16. The molecule has 1 heterocycles. The Morgan fingerprint density at radius 3 is 3.00 bits per heavy atom. The predicted molar refractivity (Wildman–Crippen MR) is 53.4 cm³/mol. The normalized spacial score (nSPS) is 10.1.